The van der Waals surface area contributed by atoms with E-state index in [1.807, 2.05) is 6.92 Å². The molecule has 1 rings (SSSR count). The Hall–Kier alpha value is -1.27. The molecule has 0 bridgehead atoms. The van der Waals surface area contributed by atoms with Crippen molar-refractivity contribution in [3.8, 4) is 5.75 Å². The van der Waals surface area contributed by atoms with Crippen LogP contribution in [0.25, 0.3) is 0 Å². The van der Waals surface area contributed by atoms with Gasteiger partial charge in [0.05, 0.1) is 7.11 Å². The van der Waals surface area contributed by atoms with Gasteiger partial charge in [-0.15, -0.1) is 0 Å². The maximum Gasteiger partial charge on any atom is 0.244 e. The zero-order valence-electron chi connectivity index (χ0n) is 11.0. The van der Waals surface area contributed by atoms with E-state index in [9.17, 15) is 8.42 Å². The van der Waals surface area contributed by atoms with E-state index in [2.05, 4.69) is 4.72 Å². The number of anilines is 1. The topological polar surface area (TPSA) is 81.4 Å². The number of hydrogen-bond acceptors (Lipinski definition) is 4. The predicted octanol–water partition coefficient (Wildman–Crippen LogP) is 1.66. The molecule has 0 aliphatic rings. The third-order valence-corrected chi connectivity index (χ3v) is 4.15. The summed E-state index contributed by atoms with van der Waals surface area (Å²) in [7, 11) is -2.13. The summed E-state index contributed by atoms with van der Waals surface area (Å²) in [5.41, 5.74) is 6.98. The monoisotopic (exact) mass is 272 g/mol. The van der Waals surface area contributed by atoms with E-state index in [-0.39, 0.29) is 4.90 Å². The number of ether oxygens (including phenoxy) is 1. The molecule has 1 aromatic rings. The van der Waals surface area contributed by atoms with Gasteiger partial charge in [-0.3, -0.25) is 0 Å². The van der Waals surface area contributed by atoms with Crippen molar-refractivity contribution in [3.63, 3.8) is 0 Å². The van der Waals surface area contributed by atoms with E-state index in [0.717, 1.165) is 18.4 Å². The van der Waals surface area contributed by atoms with Crippen LogP contribution in [0.3, 0.4) is 0 Å². The molecule has 0 saturated carbocycles. The van der Waals surface area contributed by atoms with Crippen molar-refractivity contribution >= 4 is 15.7 Å². The fourth-order valence-corrected chi connectivity index (χ4v) is 2.77. The molecule has 0 heterocycles. The SMILES string of the molecule is CCCCNS(=O)(=O)c1cc(N)c(C)cc1OC. The Balaban J connectivity index is 3.11. The third-order valence-electron chi connectivity index (χ3n) is 2.66. The largest absolute Gasteiger partial charge is 0.495 e. The maximum atomic E-state index is 12.1. The summed E-state index contributed by atoms with van der Waals surface area (Å²) in [6, 6.07) is 3.06. The lowest BCUT2D eigenvalue weighted by Crippen LogP contribution is -2.25. The summed E-state index contributed by atoms with van der Waals surface area (Å²) in [6.45, 7) is 4.22. The van der Waals surface area contributed by atoms with Crippen LogP contribution in [-0.2, 0) is 10.0 Å². The van der Waals surface area contributed by atoms with E-state index >= 15 is 0 Å². The number of nitrogen functional groups attached to an aromatic ring is 1. The van der Waals surface area contributed by atoms with Crippen molar-refractivity contribution in [1.82, 2.24) is 4.72 Å². The molecule has 102 valence electrons. The Bertz CT molecular complexity index is 512. The Morgan fingerprint density at radius 2 is 2.06 bits per heavy atom. The average molecular weight is 272 g/mol. The van der Waals surface area contributed by atoms with Crippen LogP contribution in [0, 0.1) is 6.92 Å². The molecular weight excluding hydrogens is 252 g/mol. The number of benzene rings is 1. The first-order chi connectivity index (χ1) is 8.42. The highest BCUT2D eigenvalue weighted by Gasteiger charge is 2.20. The van der Waals surface area contributed by atoms with E-state index in [1.165, 1.54) is 13.2 Å². The van der Waals surface area contributed by atoms with Crippen LogP contribution in [0.2, 0.25) is 0 Å². The number of nitrogens with two attached hydrogens (primary N) is 1. The van der Waals surface area contributed by atoms with Crippen LogP contribution in [0.1, 0.15) is 25.3 Å². The first-order valence-electron chi connectivity index (χ1n) is 5.86. The first-order valence-corrected chi connectivity index (χ1v) is 7.34. The highest BCUT2D eigenvalue weighted by Crippen LogP contribution is 2.28. The highest BCUT2D eigenvalue weighted by molar-refractivity contribution is 7.89. The third kappa shape index (κ3) is 3.36. The Kier molecular flexibility index (Phi) is 4.98. The van der Waals surface area contributed by atoms with Gasteiger partial charge in [-0.2, -0.15) is 0 Å². The molecule has 0 atom stereocenters. The number of hydrogen-bond donors (Lipinski definition) is 2. The van der Waals surface area contributed by atoms with Gasteiger partial charge in [-0.1, -0.05) is 13.3 Å². The summed E-state index contributed by atoms with van der Waals surface area (Å²) < 4.78 is 31.8. The summed E-state index contributed by atoms with van der Waals surface area (Å²) in [6.07, 6.45) is 1.72. The number of rotatable bonds is 6. The zero-order chi connectivity index (χ0) is 13.8. The fraction of sp³-hybridized carbons (Fsp3) is 0.500. The lowest BCUT2D eigenvalue weighted by Gasteiger charge is -2.12. The molecule has 0 fully saturated rings. The second kappa shape index (κ2) is 6.06. The molecule has 0 aliphatic carbocycles. The number of unbranched alkanes of at least 4 members (excludes halogenated alkanes) is 1. The maximum absolute atomic E-state index is 12.1. The second-order valence-corrected chi connectivity index (χ2v) is 5.85. The van der Waals surface area contributed by atoms with Gasteiger partial charge in [-0.05, 0) is 31.0 Å². The molecule has 6 heteroatoms. The molecule has 0 unspecified atom stereocenters. The standard InChI is InChI=1S/C12H20N2O3S/c1-4-5-6-14-18(15,16)12-8-10(13)9(2)7-11(12)17-3/h7-8,14H,4-6,13H2,1-3H3. The van der Waals surface area contributed by atoms with Gasteiger partial charge in [0.15, 0.2) is 0 Å². The normalized spacial score (nSPS) is 11.5. The van der Waals surface area contributed by atoms with Gasteiger partial charge < -0.3 is 10.5 Å². The lowest BCUT2D eigenvalue weighted by atomic mass is 10.2. The first kappa shape index (κ1) is 14.8. The van der Waals surface area contributed by atoms with E-state index in [4.69, 9.17) is 10.5 Å². The van der Waals surface area contributed by atoms with Gasteiger partial charge in [0.1, 0.15) is 10.6 Å². The minimum atomic E-state index is -3.57. The molecule has 5 nitrogen and oxygen atoms in total. The van der Waals surface area contributed by atoms with Crippen molar-refractivity contribution in [2.45, 2.75) is 31.6 Å². The van der Waals surface area contributed by atoms with Crippen molar-refractivity contribution in [2.24, 2.45) is 0 Å². The van der Waals surface area contributed by atoms with Crippen LogP contribution in [0.4, 0.5) is 5.69 Å². The molecule has 3 N–H and O–H groups in total. The number of aryl methyl sites for hydroxylation is 1. The van der Waals surface area contributed by atoms with Crippen LogP contribution in [0.15, 0.2) is 17.0 Å². The van der Waals surface area contributed by atoms with Crippen molar-refractivity contribution in [1.29, 1.82) is 0 Å². The second-order valence-electron chi connectivity index (χ2n) is 4.11. The van der Waals surface area contributed by atoms with Crippen LogP contribution in [0.5, 0.6) is 5.75 Å². The summed E-state index contributed by atoms with van der Waals surface area (Å²) in [5.74, 6) is 0.311. The average Bonchev–Trinajstić information content (AvgIpc) is 2.32. The number of sulfonamides is 1. The molecule has 0 aliphatic heterocycles. The minimum Gasteiger partial charge on any atom is -0.495 e. The summed E-state index contributed by atoms with van der Waals surface area (Å²) >= 11 is 0. The molecule has 0 radical (unpaired) electrons. The molecule has 0 spiro atoms. The highest BCUT2D eigenvalue weighted by atomic mass is 32.2. The van der Waals surface area contributed by atoms with Crippen LogP contribution < -0.4 is 15.2 Å². The molecule has 0 saturated heterocycles. The number of methoxy groups -OCH3 is 1. The smallest absolute Gasteiger partial charge is 0.244 e. The summed E-state index contributed by atoms with van der Waals surface area (Å²) in [5, 5.41) is 0. The molecule has 1 aromatic carbocycles. The minimum absolute atomic E-state index is 0.0872. The van der Waals surface area contributed by atoms with Crippen molar-refractivity contribution in [3.05, 3.63) is 17.7 Å². The van der Waals surface area contributed by atoms with E-state index in [0.29, 0.717) is 18.0 Å². The zero-order valence-corrected chi connectivity index (χ0v) is 11.8. The Morgan fingerprint density at radius 1 is 1.39 bits per heavy atom. The Labute approximate surface area is 108 Å². The van der Waals surface area contributed by atoms with Gasteiger partial charge >= 0.3 is 0 Å². The molecule has 0 aromatic heterocycles. The van der Waals surface area contributed by atoms with E-state index < -0.39 is 10.0 Å². The molecule has 18 heavy (non-hydrogen) atoms. The predicted molar refractivity (Wildman–Crippen MR) is 72.2 cm³/mol. The molecule has 0 amide bonds. The fourth-order valence-electron chi connectivity index (χ4n) is 1.51. The number of nitrogens with one attached hydrogen (secondary N) is 1. The lowest BCUT2D eigenvalue weighted by molar-refractivity contribution is 0.402. The van der Waals surface area contributed by atoms with Gasteiger partial charge in [0, 0.05) is 12.2 Å². The van der Waals surface area contributed by atoms with Crippen molar-refractivity contribution < 1.29 is 13.2 Å². The van der Waals surface area contributed by atoms with Gasteiger partial charge in [-0.25, -0.2) is 13.1 Å². The molecular formula is C12H20N2O3S. The van der Waals surface area contributed by atoms with Crippen LogP contribution >= 0.6 is 0 Å². The quantitative estimate of drug-likeness (QED) is 0.609. The van der Waals surface area contributed by atoms with Crippen LogP contribution in [-0.4, -0.2) is 22.1 Å². The van der Waals surface area contributed by atoms with E-state index in [1.54, 1.807) is 13.0 Å². The van der Waals surface area contributed by atoms with Gasteiger partial charge in [0.2, 0.25) is 10.0 Å². The Morgan fingerprint density at radius 3 is 2.61 bits per heavy atom. The van der Waals surface area contributed by atoms with Gasteiger partial charge in [0.25, 0.3) is 0 Å². The van der Waals surface area contributed by atoms with Crippen molar-refractivity contribution in [2.75, 3.05) is 19.4 Å². The summed E-state index contributed by atoms with van der Waals surface area (Å²) in [4.78, 5) is 0.0872.